The van der Waals surface area contributed by atoms with Gasteiger partial charge in [-0.25, -0.2) is 4.68 Å². The largest absolute Gasteiger partial charge is 0.371 e. The van der Waals surface area contributed by atoms with E-state index < -0.39 is 11.3 Å². The van der Waals surface area contributed by atoms with E-state index in [0.717, 1.165) is 24.3 Å². The van der Waals surface area contributed by atoms with Crippen molar-refractivity contribution in [3.8, 4) is 5.69 Å². The molecule has 6 nitrogen and oxygen atoms in total. The summed E-state index contributed by atoms with van der Waals surface area (Å²) in [5, 5.41) is 7.15. The van der Waals surface area contributed by atoms with Crippen molar-refractivity contribution in [1.82, 2.24) is 9.78 Å². The van der Waals surface area contributed by atoms with Crippen molar-refractivity contribution in [2.45, 2.75) is 26.7 Å². The van der Waals surface area contributed by atoms with Crippen LogP contribution in [-0.4, -0.2) is 28.8 Å². The van der Waals surface area contributed by atoms with Crippen molar-refractivity contribution in [2.75, 3.05) is 23.3 Å². The molecule has 0 saturated carbocycles. The Labute approximate surface area is 169 Å². The number of hydrogen-bond acceptors (Lipinski definition) is 4. The van der Waals surface area contributed by atoms with Gasteiger partial charge in [-0.05, 0) is 62.6 Å². The molecule has 3 aromatic rings. The fourth-order valence-corrected chi connectivity index (χ4v) is 3.77. The fraction of sp³-hybridized carbons (Fsp3) is 0.261. The van der Waals surface area contributed by atoms with Crippen LogP contribution in [0.5, 0.6) is 0 Å². The predicted molar refractivity (Wildman–Crippen MR) is 115 cm³/mol. The molecule has 29 heavy (non-hydrogen) atoms. The summed E-state index contributed by atoms with van der Waals surface area (Å²) in [7, 11) is 0. The molecule has 1 aliphatic heterocycles. The SMILES string of the molecule is Cc1cc(NC(=O)c2nn(-c3ccccc3)c(C)cc2=O)ccc1N1CCCC1. The molecule has 0 unspecified atom stereocenters. The molecule has 4 rings (SSSR count). The lowest BCUT2D eigenvalue weighted by atomic mass is 10.1. The van der Waals surface area contributed by atoms with E-state index in [2.05, 4.69) is 15.3 Å². The van der Waals surface area contributed by atoms with E-state index in [9.17, 15) is 9.59 Å². The number of anilines is 2. The molecule has 1 fully saturated rings. The van der Waals surface area contributed by atoms with Crippen LogP contribution in [0.15, 0.2) is 59.4 Å². The molecule has 0 aliphatic carbocycles. The molecule has 1 aromatic heterocycles. The van der Waals surface area contributed by atoms with Gasteiger partial charge in [-0.15, -0.1) is 0 Å². The minimum absolute atomic E-state index is 0.124. The lowest BCUT2D eigenvalue weighted by molar-refractivity contribution is 0.101. The highest BCUT2D eigenvalue weighted by Crippen LogP contribution is 2.26. The van der Waals surface area contributed by atoms with Gasteiger partial charge in [0.15, 0.2) is 5.69 Å². The third kappa shape index (κ3) is 3.92. The van der Waals surface area contributed by atoms with Crippen LogP contribution < -0.4 is 15.6 Å². The molecule has 2 aromatic carbocycles. The zero-order chi connectivity index (χ0) is 20.4. The second-order valence-corrected chi connectivity index (χ2v) is 7.40. The summed E-state index contributed by atoms with van der Waals surface area (Å²) in [5.74, 6) is -0.506. The maximum absolute atomic E-state index is 12.8. The summed E-state index contributed by atoms with van der Waals surface area (Å²) in [6, 6.07) is 16.7. The number of para-hydroxylation sites is 1. The van der Waals surface area contributed by atoms with Gasteiger partial charge in [0.05, 0.1) is 5.69 Å². The maximum Gasteiger partial charge on any atom is 0.280 e. The first-order valence-corrected chi connectivity index (χ1v) is 9.86. The Morgan fingerprint density at radius 2 is 1.72 bits per heavy atom. The highest BCUT2D eigenvalue weighted by atomic mass is 16.2. The quantitative estimate of drug-likeness (QED) is 0.740. The molecule has 1 aliphatic rings. The predicted octanol–water partition coefficient (Wildman–Crippen LogP) is 3.70. The Bertz CT molecular complexity index is 1100. The van der Waals surface area contributed by atoms with Gasteiger partial charge in [0.1, 0.15) is 0 Å². The van der Waals surface area contributed by atoms with E-state index in [0.29, 0.717) is 11.4 Å². The van der Waals surface area contributed by atoms with Crippen molar-refractivity contribution in [2.24, 2.45) is 0 Å². The van der Waals surface area contributed by atoms with Crippen LogP contribution in [0, 0.1) is 13.8 Å². The molecule has 148 valence electrons. The minimum atomic E-state index is -0.506. The summed E-state index contributed by atoms with van der Waals surface area (Å²) in [6.45, 7) is 5.97. The van der Waals surface area contributed by atoms with Gasteiger partial charge in [-0.2, -0.15) is 5.10 Å². The van der Waals surface area contributed by atoms with E-state index in [1.165, 1.54) is 24.6 Å². The number of hydrogen-bond donors (Lipinski definition) is 1. The Morgan fingerprint density at radius 3 is 2.41 bits per heavy atom. The summed E-state index contributed by atoms with van der Waals surface area (Å²) >= 11 is 0. The number of benzene rings is 2. The lowest BCUT2D eigenvalue weighted by Crippen LogP contribution is -2.27. The topological polar surface area (TPSA) is 67.2 Å². The fourth-order valence-electron chi connectivity index (χ4n) is 3.77. The molecule has 6 heteroatoms. The highest BCUT2D eigenvalue weighted by Gasteiger charge is 2.17. The Hall–Kier alpha value is -3.41. The highest BCUT2D eigenvalue weighted by molar-refractivity contribution is 6.02. The summed E-state index contributed by atoms with van der Waals surface area (Å²) in [4.78, 5) is 27.6. The van der Waals surface area contributed by atoms with Gasteiger partial charge in [-0.3, -0.25) is 9.59 Å². The van der Waals surface area contributed by atoms with Gasteiger partial charge >= 0.3 is 0 Å². The van der Waals surface area contributed by atoms with Gasteiger partial charge < -0.3 is 10.2 Å². The minimum Gasteiger partial charge on any atom is -0.371 e. The molecular formula is C23H24N4O2. The molecule has 1 saturated heterocycles. The molecule has 1 N–H and O–H groups in total. The number of nitrogens with zero attached hydrogens (tertiary/aromatic N) is 3. The molecule has 0 bridgehead atoms. The van der Waals surface area contributed by atoms with E-state index in [1.807, 2.05) is 55.5 Å². The van der Waals surface area contributed by atoms with E-state index >= 15 is 0 Å². The summed E-state index contributed by atoms with van der Waals surface area (Å²) in [6.07, 6.45) is 2.43. The zero-order valence-electron chi connectivity index (χ0n) is 16.7. The molecular weight excluding hydrogens is 364 g/mol. The summed E-state index contributed by atoms with van der Waals surface area (Å²) in [5.41, 5.74) is 3.90. The van der Waals surface area contributed by atoms with E-state index in [-0.39, 0.29) is 5.69 Å². The van der Waals surface area contributed by atoms with Crippen LogP contribution in [0.4, 0.5) is 11.4 Å². The number of carbonyl (C=O) groups excluding carboxylic acids is 1. The molecule has 0 atom stereocenters. The number of carbonyl (C=O) groups is 1. The normalized spacial score (nSPS) is 13.5. The number of aromatic nitrogens is 2. The van der Waals surface area contributed by atoms with Gasteiger partial charge in [0.25, 0.3) is 5.91 Å². The lowest BCUT2D eigenvalue weighted by Gasteiger charge is -2.20. The Morgan fingerprint density at radius 1 is 1.00 bits per heavy atom. The van der Waals surface area contributed by atoms with Crippen LogP contribution in [0.25, 0.3) is 5.69 Å². The van der Waals surface area contributed by atoms with Crippen LogP contribution in [-0.2, 0) is 0 Å². The van der Waals surface area contributed by atoms with Crippen LogP contribution in [0.1, 0.15) is 34.6 Å². The van der Waals surface area contributed by atoms with E-state index in [4.69, 9.17) is 0 Å². The second-order valence-electron chi connectivity index (χ2n) is 7.40. The van der Waals surface area contributed by atoms with Crippen LogP contribution >= 0.6 is 0 Å². The monoisotopic (exact) mass is 388 g/mol. The molecule has 0 radical (unpaired) electrons. The van der Waals surface area contributed by atoms with Crippen LogP contribution in [0.2, 0.25) is 0 Å². The van der Waals surface area contributed by atoms with Crippen molar-refractivity contribution in [3.63, 3.8) is 0 Å². The smallest absolute Gasteiger partial charge is 0.280 e. The molecule has 0 spiro atoms. The first kappa shape index (κ1) is 18.9. The van der Waals surface area contributed by atoms with Gasteiger partial charge in [0, 0.05) is 36.2 Å². The second kappa shape index (κ2) is 7.91. The summed E-state index contributed by atoms with van der Waals surface area (Å²) < 4.78 is 1.61. The standard InChI is InChI=1S/C23H24N4O2/c1-16-14-18(10-11-20(16)26-12-6-7-13-26)24-23(29)22-21(28)15-17(2)27(25-22)19-8-4-3-5-9-19/h3-5,8-11,14-15H,6-7,12-13H2,1-2H3,(H,24,29). The Kier molecular flexibility index (Phi) is 5.16. The van der Waals surface area contributed by atoms with Crippen molar-refractivity contribution < 1.29 is 4.79 Å². The Balaban J connectivity index is 1.60. The van der Waals surface area contributed by atoms with Gasteiger partial charge in [0.2, 0.25) is 5.43 Å². The third-order valence-electron chi connectivity index (χ3n) is 5.22. The molecule has 1 amide bonds. The zero-order valence-corrected chi connectivity index (χ0v) is 16.7. The van der Waals surface area contributed by atoms with Gasteiger partial charge in [-0.1, -0.05) is 18.2 Å². The van der Waals surface area contributed by atoms with E-state index in [1.54, 1.807) is 11.6 Å². The average Bonchev–Trinajstić information content (AvgIpc) is 3.23. The van der Waals surface area contributed by atoms with Crippen molar-refractivity contribution in [1.29, 1.82) is 0 Å². The average molecular weight is 388 g/mol. The maximum atomic E-state index is 12.8. The number of amides is 1. The number of nitrogens with one attached hydrogen (secondary N) is 1. The molecule has 2 heterocycles. The number of aryl methyl sites for hydroxylation is 2. The number of rotatable bonds is 4. The third-order valence-corrected chi connectivity index (χ3v) is 5.22. The van der Waals surface area contributed by atoms with Crippen molar-refractivity contribution in [3.05, 3.63) is 81.8 Å². The van der Waals surface area contributed by atoms with Crippen molar-refractivity contribution >= 4 is 17.3 Å². The first-order valence-electron chi connectivity index (χ1n) is 9.86. The first-order chi connectivity index (χ1) is 14.0. The van der Waals surface area contributed by atoms with Crippen LogP contribution in [0.3, 0.4) is 0 Å².